The van der Waals surface area contributed by atoms with Crippen LogP contribution in [0.5, 0.6) is 0 Å². The lowest BCUT2D eigenvalue weighted by molar-refractivity contribution is -0.117. The number of aromatic nitrogens is 1. The predicted octanol–water partition coefficient (Wildman–Crippen LogP) is 3.83. The number of carbonyl (C=O) groups is 2. The minimum atomic E-state index is -0.483. The minimum absolute atomic E-state index is 0.0570. The first-order valence-corrected chi connectivity index (χ1v) is 8.78. The second-order valence-electron chi connectivity index (χ2n) is 6.26. The van der Waals surface area contributed by atoms with E-state index in [9.17, 15) is 9.59 Å². The van der Waals surface area contributed by atoms with E-state index in [2.05, 4.69) is 4.98 Å². The Kier molecular flexibility index (Phi) is 4.70. The Morgan fingerprint density at radius 2 is 2.00 bits per heavy atom. The molecule has 2 heterocycles. The number of benzene rings is 2. The van der Waals surface area contributed by atoms with Gasteiger partial charge in [0.05, 0.1) is 11.8 Å². The molecule has 3 aromatic rings. The topological polar surface area (TPSA) is 72.6 Å². The molecule has 4 rings (SSSR count). The van der Waals surface area contributed by atoms with Crippen molar-refractivity contribution in [1.82, 2.24) is 4.98 Å². The highest BCUT2D eigenvalue weighted by Gasteiger charge is 2.22. The molecule has 0 radical (unpaired) electrons. The largest absolute Gasteiger partial charge is 0.452 e. The summed E-state index contributed by atoms with van der Waals surface area (Å²) in [5.74, 6) is 0.543. The number of rotatable bonds is 5. The summed E-state index contributed by atoms with van der Waals surface area (Å²) >= 11 is 0. The van der Waals surface area contributed by atoms with Gasteiger partial charge in [0.1, 0.15) is 0 Å². The smallest absolute Gasteiger partial charge is 0.338 e. The van der Waals surface area contributed by atoms with Gasteiger partial charge in [0.15, 0.2) is 12.4 Å². The zero-order chi connectivity index (χ0) is 18.6. The van der Waals surface area contributed by atoms with E-state index in [-0.39, 0.29) is 12.5 Å². The molecule has 136 valence electrons. The Balaban J connectivity index is 1.41. The van der Waals surface area contributed by atoms with Gasteiger partial charge in [-0.15, -0.1) is 0 Å². The molecule has 0 N–H and O–H groups in total. The highest BCUT2D eigenvalue weighted by molar-refractivity contribution is 5.97. The summed E-state index contributed by atoms with van der Waals surface area (Å²) in [5, 5.41) is 0. The molecule has 6 heteroatoms. The molecule has 1 aliphatic heterocycles. The van der Waals surface area contributed by atoms with Gasteiger partial charge in [0.25, 0.3) is 0 Å². The van der Waals surface area contributed by atoms with Crippen molar-refractivity contribution in [2.45, 2.75) is 19.4 Å². The molecular formula is C21H18N2O4. The fourth-order valence-corrected chi connectivity index (χ4v) is 3.05. The zero-order valence-corrected chi connectivity index (χ0v) is 14.6. The van der Waals surface area contributed by atoms with Crippen LogP contribution in [0.2, 0.25) is 0 Å². The van der Waals surface area contributed by atoms with Crippen molar-refractivity contribution in [3.63, 3.8) is 0 Å². The number of oxazole rings is 1. The van der Waals surface area contributed by atoms with E-state index in [0.29, 0.717) is 30.2 Å². The molecule has 1 amide bonds. The third-order valence-electron chi connectivity index (χ3n) is 4.41. The van der Waals surface area contributed by atoms with Crippen LogP contribution in [0.15, 0.2) is 65.2 Å². The lowest BCUT2D eigenvalue weighted by Crippen LogP contribution is -2.23. The third kappa shape index (κ3) is 3.74. The average Bonchev–Trinajstić information content (AvgIpc) is 3.36. The third-order valence-corrected chi connectivity index (χ3v) is 4.41. The Hall–Kier alpha value is -3.41. The van der Waals surface area contributed by atoms with Crippen molar-refractivity contribution in [3.8, 4) is 11.3 Å². The maximum atomic E-state index is 12.3. The molecule has 1 aromatic heterocycles. The molecule has 0 aliphatic carbocycles. The molecule has 1 saturated heterocycles. The Morgan fingerprint density at radius 1 is 1.15 bits per heavy atom. The summed E-state index contributed by atoms with van der Waals surface area (Å²) in [6.45, 7) is 0.619. The highest BCUT2D eigenvalue weighted by atomic mass is 16.5. The number of hydrogen-bond acceptors (Lipinski definition) is 5. The molecule has 0 unspecified atom stereocenters. The Morgan fingerprint density at radius 3 is 2.78 bits per heavy atom. The number of anilines is 1. The summed E-state index contributed by atoms with van der Waals surface area (Å²) in [7, 11) is 0. The quantitative estimate of drug-likeness (QED) is 0.645. The fraction of sp³-hybridized carbons (Fsp3) is 0.190. The first-order chi connectivity index (χ1) is 13.2. The van der Waals surface area contributed by atoms with Gasteiger partial charge in [0.2, 0.25) is 11.8 Å². The SMILES string of the molecule is O=C(OCc1ncc(-c2ccccc2)o1)c1cccc(N2CCCC2=O)c1. The van der Waals surface area contributed by atoms with Crippen molar-refractivity contribution in [1.29, 1.82) is 0 Å². The second-order valence-corrected chi connectivity index (χ2v) is 6.26. The van der Waals surface area contributed by atoms with Gasteiger partial charge in [-0.2, -0.15) is 0 Å². The monoisotopic (exact) mass is 362 g/mol. The van der Waals surface area contributed by atoms with Crippen LogP contribution in [0.1, 0.15) is 29.1 Å². The van der Waals surface area contributed by atoms with E-state index >= 15 is 0 Å². The number of ether oxygens (including phenoxy) is 1. The number of amides is 1. The van der Waals surface area contributed by atoms with Crippen LogP contribution in [-0.2, 0) is 16.1 Å². The first kappa shape index (κ1) is 17.0. The molecule has 27 heavy (non-hydrogen) atoms. The van der Waals surface area contributed by atoms with Crippen LogP contribution in [0.4, 0.5) is 5.69 Å². The molecular weight excluding hydrogens is 344 g/mol. The summed E-state index contributed by atoms with van der Waals surface area (Å²) < 4.78 is 10.9. The second kappa shape index (κ2) is 7.45. The summed E-state index contributed by atoms with van der Waals surface area (Å²) in [6, 6.07) is 16.5. The van der Waals surface area contributed by atoms with Crippen LogP contribution >= 0.6 is 0 Å². The molecule has 6 nitrogen and oxygen atoms in total. The maximum absolute atomic E-state index is 12.3. The van der Waals surface area contributed by atoms with Crippen molar-refractivity contribution in [2.75, 3.05) is 11.4 Å². The molecule has 0 bridgehead atoms. The van der Waals surface area contributed by atoms with Crippen LogP contribution in [0.3, 0.4) is 0 Å². The molecule has 1 fully saturated rings. The number of nitrogens with zero attached hydrogens (tertiary/aromatic N) is 2. The zero-order valence-electron chi connectivity index (χ0n) is 14.6. The standard InChI is InChI=1S/C21H18N2O4/c24-20-10-5-11-23(20)17-9-4-8-16(12-17)21(25)26-14-19-22-13-18(27-19)15-6-2-1-3-7-15/h1-4,6-9,12-13H,5,10-11,14H2. The van der Waals surface area contributed by atoms with Crippen LogP contribution < -0.4 is 4.90 Å². The number of carbonyl (C=O) groups excluding carboxylic acids is 2. The summed E-state index contributed by atoms with van der Waals surface area (Å²) in [5.41, 5.74) is 2.02. The van der Waals surface area contributed by atoms with E-state index in [1.807, 2.05) is 36.4 Å². The molecule has 0 spiro atoms. The molecule has 2 aromatic carbocycles. The van der Waals surface area contributed by atoms with Gasteiger partial charge < -0.3 is 14.1 Å². The Bertz CT molecular complexity index is 965. The Labute approximate surface area is 156 Å². The highest BCUT2D eigenvalue weighted by Crippen LogP contribution is 2.23. The minimum Gasteiger partial charge on any atom is -0.452 e. The van der Waals surface area contributed by atoms with Crippen molar-refractivity contribution >= 4 is 17.6 Å². The van der Waals surface area contributed by atoms with E-state index in [1.54, 1.807) is 29.3 Å². The van der Waals surface area contributed by atoms with Crippen LogP contribution in [0, 0.1) is 0 Å². The van der Waals surface area contributed by atoms with Crippen molar-refractivity contribution in [2.24, 2.45) is 0 Å². The van der Waals surface area contributed by atoms with Gasteiger partial charge >= 0.3 is 5.97 Å². The van der Waals surface area contributed by atoms with Crippen molar-refractivity contribution < 1.29 is 18.7 Å². The summed E-state index contributed by atoms with van der Waals surface area (Å²) in [4.78, 5) is 30.1. The first-order valence-electron chi connectivity index (χ1n) is 8.78. The van der Waals surface area contributed by atoms with Gasteiger partial charge in [-0.1, -0.05) is 36.4 Å². The molecule has 0 saturated carbocycles. The lowest BCUT2D eigenvalue weighted by atomic mass is 10.2. The molecule has 1 aliphatic rings. The van der Waals surface area contributed by atoms with Crippen molar-refractivity contribution in [3.05, 3.63) is 72.2 Å². The van der Waals surface area contributed by atoms with E-state index in [0.717, 1.165) is 17.7 Å². The normalized spacial score (nSPS) is 13.8. The van der Waals surface area contributed by atoms with Gasteiger partial charge in [-0.25, -0.2) is 9.78 Å². The van der Waals surface area contributed by atoms with E-state index in [4.69, 9.17) is 9.15 Å². The van der Waals surface area contributed by atoms with Crippen LogP contribution in [-0.4, -0.2) is 23.4 Å². The van der Waals surface area contributed by atoms with E-state index in [1.165, 1.54) is 0 Å². The fourth-order valence-electron chi connectivity index (χ4n) is 3.05. The van der Waals surface area contributed by atoms with Gasteiger partial charge in [0, 0.05) is 24.2 Å². The number of hydrogen-bond donors (Lipinski definition) is 0. The van der Waals surface area contributed by atoms with E-state index < -0.39 is 5.97 Å². The number of esters is 1. The maximum Gasteiger partial charge on any atom is 0.338 e. The van der Waals surface area contributed by atoms with Crippen LogP contribution in [0.25, 0.3) is 11.3 Å². The predicted molar refractivity (Wildman–Crippen MR) is 99.1 cm³/mol. The molecule has 0 atom stereocenters. The lowest BCUT2D eigenvalue weighted by Gasteiger charge is -2.16. The average molecular weight is 362 g/mol. The van der Waals surface area contributed by atoms with Gasteiger partial charge in [-0.05, 0) is 24.6 Å². The van der Waals surface area contributed by atoms with Gasteiger partial charge in [-0.3, -0.25) is 4.79 Å². The summed E-state index contributed by atoms with van der Waals surface area (Å²) in [6.07, 6.45) is 2.99.